The number of nitriles is 1. The molecule has 1 atom stereocenters. The molecule has 2 aromatic rings. The molecule has 0 radical (unpaired) electrons. The zero-order valence-corrected chi connectivity index (χ0v) is 11.9. The molecule has 1 heterocycles. The minimum Gasteiger partial charge on any atom is -0.337 e. The lowest BCUT2D eigenvalue weighted by molar-refractivity contribution is 0.112. The molecule has 1 aliphatic rings. The highest BCUT2D eigenvalue weighted by atomic mass is 16.1. The van der Waals surface area contributed by atoms with Crippen LogP contribution in [0.2, 0.25) is 0 Å². The van der Waals surface area contributed by atoms with Crippen LogP contribution in [-0.4, -0.2) is 12.3 Å². The van der Waals surface area contributed by atoms with Crippen LogP contribution in [0, 0.1) is 11.3 Å². The molecule has 0 amide bonds. The average Bonchev–Trinajstić information content (AvgIpc) is 2.54. The van der Waals surface area contributed by atoms with Crippen molar-refractivity contribution in [2.24, 2.45) is 0 Å². The molecule has 0 saturated heterocycles. The van der Waals surface area contributed by atoms with Gasteiger partial charge in [0.25, 0.3) is 0 Å². The zero-order valence-electron chi connectivity index (χ0n) is 11.9. The van der Waals surface area contributed by atoms with Crippen LogP contribution in [0.15, 0.2) is 42.5 Å². The molecule has 1 unspecified atom stereocenters. The summed E-state index contributed by atoms with van der Waals surface area (Å²) in [7, 11) is 0. The summed E-state index contributed by atoms with van der Waals surface area (Å²) < 4.78 is 0. The number of hydrogen-bond donors (Lipinski definition) is 0. The SMILES string of the molecule is CC1CCc2ccccc2N1c1ccc(C=O)cc1C#N. The summed E-state index contributed by atoms with van der Waals surface area (Å²) in [6.07, 6.45) is 2.89. The molecule has 0 spiro atoms. The molecule has 104 valence electrons. The molecular formula is C18H16N2O. The summed E-state index contributed by atoms with van der Waals surface area (Å²) in [5.41, 5.74) is 4.42. The Morgan fingerprint density at radius 3 is 2.81 bits per heavy atom. The molecule has 1 aliphatic heterocycles. The highest BCUT2D eigenvalue weighted by Gasteiger charge is 2.25. The van der Waals surface area contributed by atoms with Crippen molar-refractivity contribution in [3.8, 4) is 6.07 Å². The minimum atomic E-state index is 0.328. The van der Waals surface area contributed by atoms with Crippen molar-refractivity contribution in [1.82, 2.24) is 0 Å². The van der Waals surface area contributed by atoms with E-state index in [0.29, 0.717) is 17.2 Å². The van der Waals surface area contributed by atoms with E-state index in [0.717, 1.165) is 30.5 Å². The van der Waals surface area contributed by atoms with Crippen molar-refractivity contribution in [1.29, 1.82) is 5.26 Å². The second-order valence-corrected chi connectivity index (χ2v) is 5.39. The smallest absolute Gasteiger partial charge is 0.150 e. The fourth-order valence-corrected chi connectivity index (χ4v) is 2.98. The van der Waals surface area contributed by atoms with Gasteiger partial charge in [0.15, 0.2) is 0 Å². The van der Waals surface area contributed by atoms with E-state index < -0.39 is 0 Å². The third kappa shape index (κ3) is 2.30. The predicted octanol–water partition coefficient (Wildman–Crippen LogP) is 3.84. The first-order valence-electron chi connectivity index (χ1n) is 7.11. The summed E-state index contributed by atoms with van der Waals surface area (Å²) in [5, 5.41) is 9.41. The van der Waals surface area contributed by atoms with Gasteiger partial charge in [-0.15, -0.1) is 0 Å². The van der Waals surface area contributed by atoms with E-state index in [2.05, 4.69) is 30.0 Å². The molecular weight excluding hydrogens is 260 g/mol. The van der Waals surface area contributed by atoms with Gasteiger partial charge in [-0.3, -0.25) is 4.79 Å². The average molecular weight is 276 g/mol. The monoisotopic (exact) mass is 276 g/mol. The van der Waals surface area contributed by atoms with Crippen molar-refractivity contribution in [3.63, 3.8) is 0 Å². The van der Waals surface area contributed by atoms with Gasteiger partial charge in [0.2, 0.25) is 0 Å². The van der Waals surface area contributed by atoms with Crippen LogP contribution in [0.4, 0.5) is 11.4 Å². The Kier molecular flexibility index (Phi) is 3.45. The molecule has 3 heteroatoms. The number of rotatable bonds is 2. The highest BCUT2D eigenvalue weighted by molar-refractivity contribution is 5.80. The van der Waals surface area contributed by atoms with E-state index in [1.165, 1.54) is 5.56 Å². The summed E-state index contributed by atoms with van der Waals surface area (Å²) >= 11 is 0. The highest BCUT2D eigenvalue weighted by Crippen LogP contribution is 2.38. The van der Waals surface area contributed by atoms with E-state index in [4.69, 9.17) is 0 Å². The lowest BCUT2D eigenvalue weighted by atomic mass is 9.95. The maximum absolute atomic E-state index is 10.9. The van der Waals surface area contributed by atoms with Crippen molar-refractivity contribution in [3.05, 3.63) is 59.2 Å². The lowest BCUT2D eigenvalue weighted by Crippen LogP contribution is -2.33. The summed E-state index contributed by atoms with van der Waals surface area (Å²) in [5.74, 6) is 0. The van der Waals surface area contributed by atoms with E-state index in [1.807, 2.05) is 18.2 Å². The third-order valence-corrected chi connectivity index (χ3v) is 4.06. The number of carbonyl (C=O) groups is 1. The number of anilines is 2. The quantitative estimate of drug-likeness (QED) is 0.783. The van der Waals surface area contributed by atoms with E-state index in [9.17, 15) is 10.1 Å². The molecule has 0 bridgehead atoms. The van der Waals surface area contributed by atoms with Gasteiger partial charge < -0.3 is 4.90 Å². The van der Waals surface area contributed by atoms with Crippen molar-refractivity contribution in [2.75, 3.05) is 4.90 Å². The maximum atomic E-state index is 10.9. The fourth-order valence-electron chi connectivity index (χ4n) is 2.98. The number of fused-ring (bicyclic) bond motifs is 1. The van der Waals surface area contributed by atoms with Crippen LogP contribution >= 0.6 is 0 Å². The van der Waals surface area contributed by atoms with Crippen LogP contribution in [-0.2, 0) is 6.42 Å². The molecule has 0 fully saturated rings. The van der Waals surface area contributed by atoms with Gasteiger partial charge in [-0.1, -0.05) is 18.2 Å². The molecule has 2 aromatic carbocycles. The Labute approximate surface area is 124 Å². The molecule has 3 nitrogen and oxygen atoms in total. The van der Waals surface area contributed by atoms with Crippen LogP contribution in [0.1, 0.15) is 34.8 Å². The topological polar surface area (TPSA) is 44.1 Å². The summed E-state index contributed by atoms with van der Waals surface area (Å²) in [4.78, 5) is 13.1. The van der Waals surface area contributed by atoms with Gasteiger partial charge in [-0.05, 0) is 49.6 Å². The van der Waals surface area contributed by atoms with Crippen LogP contribution in [0.25, 0.3) is 0 Å². The largest absolute Gasteiger partial charge is 0.337 e. The molecule has 0 N–H and O–H groups in total. The number of aldehydes is 1. The third-order valence-electron chi connectivity index (χ3n) is 4.06. The first-order valence-corrected chi connectivity index (χ1v) is 7.11. The predicted molar refractivity (Wildman–Crippen MR) is 82.9 cm³/mol. The van der Waals surface area contributed by atoms with E-state index in [1.54, 1.807) is 12.1 Å². The fraction of sp³-hybridized carbons (Fsp3) is 0.222. The molecule has 0 aliphatic carbocycles. The minimum absolute atomic E-state index is 0.328. The number of hydrogen-bond acceptors (Lipinski definition) is 3. The van der Waals surface area contributed by atoms with Crippen molar-refractivity contribution < 1.29 is 4.79 Å². The second kappa shape index (κ2) is 5.41. The zero-order chi connectivity index (χ0) is 14.8. The Bertz CT molecular complexity index is 730. The van der Waals surface area contributed by atoms with Gasteiger partial charge in [-0.25, -0.2) is 0 Å². The Hall–Kier alpha value is -2.60. The Morgan fingerprint density at radius 1 is 1.24 bits per heavy atom. The Morgan fingerprint density at radius 2 is 2.05 bits per heavy atom. The van der Waals surface area contributed by atoms with Gasteiger partial charge in [0.05, 0.1) is 11.3 Å². The number of para-hydroxylation sites is 1. The summed E-state index contributed by atoms with van der Waals surface area (Å²) in [6.45, 7) is 2.17. The first kappa shape index (κ1) is 13.4. The maximum Gasteiger partial charge on any atom is 0.150 e. The second-order valence-electron chi connectivity index (χ2n) is 5.39. The van der Waals surface area contributed by atoms with Gasteiger partial charge >= 0.3 is 0 Å². The van der Waals surface area contributed by atoms with Crippen molar-refractivity contribution >= 4 is 17.7 Å². The standard InChI is InChI=1S/C18H16N2O/c1-13-6-8-15-4-2-3-5-17(15)20(13)18-9-7-14(12-21)10-16(18)11-19/h2-5,7,9-10,12-13H,6,8H2,1H3. The Balaban J connectivity index is 2.16. The number of nitrogens with zero attached hydrogens (tertiary/aromatic N) is 2. The summed E-state index contributed by atoms with van der Waals surface area (Å²) in [6, 6.07) is 16.2. The number of benzene rings is 2. The van der Waals surface area contributed by atoms with Gasteiger partial charge in [-0.2, -0.15) is 5.26 Å². The van der Waals surface area contributed by atoms with Gasteiger partial charge in [0.1, 0.15) is 12.4 Å². The lowest BCUT2D eigenvalue weighted by Gasteiger charge is -2.37. The molecule has 21 heavy (non-hydrogen) atoms. The molecule has 0 aromatic heterocycles. The number of carbonyl (C=O) groups excluding carboxylic acids is 1. The van der Waals surface area contributed by atoms with E-state index >= 15 is 0 Å². The number of aryl methyl sites for hydroxylation is 1. The molecule has 0 saturated carbocycles. The molecule has 3 rings (SSSR count). The normalized spacial score (nSPS) is 17.0. The van der Waals surface area contributed by atoms with Crippen LogP contribution < -0.4 is 4.90 Å². The van der Waals surface area contributed by atoms with Crippen molar-refractivity contribution in [2.45, 2.75) is 25.8 Å². The van der Waals surface area contributed by atoms with Crippen LogP contribution in [0.5, 0.6) is 0 Å². The van der Waals surface area contributed by atoms with Crippen LogP contribution in [0.3, 0.4) is 0 Å². The van der Waals surface area contributed by atoms with Gasteiger partial charge in [0, 0.05) is 17.3 Å². The first-order chi connectivity index (χ1) is 10.2. The van der Waals surface area contributed by atoms with E-state index in [-0.39, 0.29) is 0 Å².